The second kappa shape index (κ2) is 9.43. The van der Waals surface area contributed by atoms with Crippen molar-refractivity contribution in [3.8, 4) is 5.75 Å². The van der Waals surface area contributed by atoms with Gasteiger partial charge in [-0.15, -0.1) is 0 Å². The number of hydrogen-bond acceptors (Lipinski definition) is 3. The Balaban J connectivity index is 1.81. The summed E-state index contributed by atoms with van der Waals surface area (Å²) in [5, 5.41) is 0.589. The van der Waals surface area contributed by atoms with E-state index in [-0.39, 0.29) is 11.5 Å². The van der Waals surface area contributed by atoms with E-state index in [0.717, 1.165) is 16.9 Å². The summed E-state index contributed by atoms with van der Waals surface area (Å²) in [6.45, 7) is 3.27. The first kappa shape index (κ1) is 20.7. The minimum atomic E-state index is -0.181. The molecule has 0 bridgehead atoms. The number of hydrogen-bond donors (Lipinski definition) is 0. The fraction of sp³-hybridized carbons (Fsp3) is 0.217. The van der Waals surface area contributed by atoms with E-state index in [9.17, 15) is 9.59 Å². The number of carbonyl (C=O) groups is 1. The van der Waals surface area contributed by atoms with E-state index in [1.54, 1.807) is 30.3 Å². The molecule has 0 aliphatic heterocycles. The molecule has 0 unspecified atom stereocenters. The third-order valence-electron chi connectivity index (χ3n) is 4.73. The van der Waals surface area contributed by atoms with Gasteiger partial charge in [-0.25, -0.2) is 0 Å². The molecular weight excluding hydrogens is 388 g/mol. The van der Waals surface area contributed by atoms with Crippen molar-refractivity contribution in [2.45, 2.75) is 20.0 Å². The van der Waals surface area contributed by atoms with Crippen molar-refractivity contribution >= 4 is 17.5 Å². The van der Waals surface area contributed by atoms with E-state index in [2.05, 4.69) is 0 Å². The summed E-state index contributed by atoms with van der Waals surface area (Å²) < 4.78 is 6.69. The predicted molar refractivity (Wildman–Crippen MR) is 115 cm³/mol. The summed E-state index contributed by atoms with van der Waals surface area (Å²) in [5.74, 6) is 0.644. The molecule has 0 N–H and O–H groups in total. The van der Waals surface area contributed by atoms with E-state index >= 15 is 0 Å². The minimum Gasteiger partial charge on any atom is -0.497 e. The number of nitrogens with zero attached hydrogens (tertiary/aromatic N) is 2. The number of benzene rings is 2. The van der Waals surface area contributed by atoms with E-state index in [1.807, 2.05) is 49.4 Å². The largest absolute Gasteiger partial charge is 0.497 e. The van der Waals surface area contributed by atoms with Crippen LogP contribution in [0.3, 0.4) is 0 Å². The average Bonchev–Trinajstić information content (AvgIpc) is 2.75. The average molecular weight is 411 g/mol. The van der Waals surface area contributed by atoms with E-state index in [0.29, 0.717) is 30.2 Å². The van der Waals surface area contributed by atoms with Gasteiger partial charge in [-0.3, -0.25) is 9.59 Å². The fourth-order valence-electron chi connectivity index (χ4n) is 3.05. The number of aromatic nitrogens is 1. The molecule has 0 fully saturated rings. The minimum absolute atomic E-state index is 0.128. The molecule has 3 aromatic rings. The van der Waals surface area contributed by atoms with Crippen LogP contribution in [0.4, 0.5) is 0 Å². The van der Waals surface area contributed by atoms with Gasteiger partial charge >= 0.3 is 0 Å². The fourth-order valence-corrected chi connectivity index (χ4v) is 3.25. The molecule has 2 aromatic carbocycles. The van der Waals surface area contributed by atoms with Gasteiger partial charge in [0.15, 0.2) is 0 Å². The first-order chi connectivity index (χ1) is 14.0. The quantitative estimate of drug-likeness (QED) is 0.586. The van der Waals surface area contributed by atoms with Crippen LogP contribution in [0.1, 0.15) is 28.4 Å². The first-order valence-corrected chi connectivity index (χ1v) is 9.75. The lowest BCUT2D eigenvalue weighted by Crippen LogP contribution is -2.31. The third-order valence-corrected chi connectivity index (χ3v) is 5.10. The summed E-state index contributed by atoms with van der Waals surface area (Å²) in [7, 11) is 1.62. The highest BCUT2D eigenvalue weighted by Crippen LogP contribution is 2.17. The van der Waals surface area contributed by atoms with Crippen molar-refractivity contribution < 1.29 is 9.53 Å². The summed E-state index contributed by atoms with van der Waals surface area (Å²) in [6, 6.07) is 18.0. The van der Waals surface area contributed by atoms with Crippen molar-refractivity contribution in [2.75, 3.05) is 13.7 Å². The Bertz CT molecular complexity index is 1040. The molecule has 6 heteroatoms. The van der Waals surface area contributed by atoms with Crippen molar-refractivity contribution in [2.24, 2.45) is 0 Å². The third kappa shape index (κ3) is 5.06. The molecular formula is C23H23ClN2O3. The molecule has 1 aromatic heterocycles. The number of rotatable bonds is 7. The van der Waals surface area contributed by atoms with Crippen LogP contribution in [0.5, 0.6) is 5.75 Å². The van der Waals surface area contributed by atoms with Crippen molar-refractivity contribution in [1.82, 2.24) is 9.47 Å². The maximum atomic E-state index is 13.0. The second-order valence-electron chi connectivity index (χ2n) is 6.64. The molecule has 0 aliphatic rings. The van der Waals surface area contributed by atoms with E-state index < -0.39 is 0 Å². The SMILES string of the molecule is CCN(Cc1ccc(OC)cc1)C(=O)c1ccc(=O)n(Cc2ccccc2Cl)c1. The molecule has 1 heterocycles. The number of halogens is 1. The lowest BCUT2D eigenvalue weighted by atomic mass is 10.1. The Labute approximate surface area is 175 Å². The molecule has 5 nitrogen and oxygen atoms in total. The van der Waals surface area contributed by atoms with Gasteiger partial charge in [-0.1, -0.05) is 41.9 Å². The van der Waals surface area contributed by atoms with Gasteiger partial charge < -0.3 is 14.2 Å². The molecule has 0 spiro atoms. The monoisotopic (exact) mass is 410 g/mol. The first-order valence-electron chi connectivity index (χ1n) is 9.38. The van der Waals surface area contributed by atoms with Gasteiger partial charge in [-0.05, 0) is 42.3 Å². The summed E-state index contributed by atoms with van der Waals surface area (Å²) >= 11 is 6.21. The Morgan fingerprint density at radius 3 is 2.45 bits per heavy atom. The maximum Gasteiger partial charge on any atom is 0.255 e. The van der Waals surface area contributed by atoms with Crippen molar-refractivity contribution in [3.63, 3.8) is 0 Å². The lowest BCUT2D eigenvalue weighted by molar-refractivity contribution is 0.0751. The standard InChI is InChI=1S/C23H23ClN2O3/c1-3-25(14-17-8-11-20(29-2)12-9-17)23(28)19-10-13-22(27)26(16-19)15-18-6-4-5-7-21(18)24/h4-13,16H,3,14-15H2,1-2H3. The van der Waals surface area contributed by atoms with E-state index in [1.165, 1.54) is 10.6 Å². The Morgan fingerprint density at radius 2 is 1.79 bits per heavy atom. The molecule has 150 valence electrons. The van der Waals surface area contributed by atoms with Crippen LogP contribution in [-0.4, -0.2) is 29.0 Å². The number of carbonyl (C=O) groups excluding carboxylic acids is 1. The predicted octanol–water partition coefficient (Wildman–Crippen LogP) is 4.22. The van der Waals surface area contributed by atoms with Gasteiger partial charge in [0.05, 0.1) is 19.2 Å². The second-order valence-corrected chi connectivity index (χ2v) is 7.05. The molecule has 0 saturated carbocycles. The van der Waals surface area contributed by atoms with Gasteiger partial charge in [0, 0.05) is 30.4 Å². The summed E-state index contributed by atoms with van der Waals surface area (Å²) in [5.41, 5.74) is 2.11. The smallest absolute Gasteiger partial charge is 0.255 e. The Morgan fingerprint density at radius 1 is 1.07 bits per heavy atom. The zero-order chi connectivity index (χ0) is 20.8. The Hall–Kier alpha value is -3.05. The normalized spacial score (nSPS) is 10.6. The molecule has 29 heavy (non-hydrogen) atoms. The van der Waals surface area contributed by atoms with Crippen LogP contribution in [0.2, 0.25) is 5.02 Å². The van der Waals surface area contributed by atoms with Crippen LogP contribution in [-0.2, 0) is 13.1 Å². The molecule has 3 rings (SSSR count). The zero-order valence-electron chi connectivity index (χ0n) is 16.5. The van der Waals surface area contributed by atoms with Crippen molar-refractivity contribution in [3.05, 3.63) is 98.9 Å². The van der Waals surface area contributed by atoms with E-state index in [4.69, 9.17) is 16.3 Å². The lowest BCUT2D eigenvalue weighted by Gasteiger charge is -2.21. The number of methoxy groups -OCH3 is 1. The van der Waals surface area contributed by atoms with Crippen molar-refractivity contribution in [1.29, 1.82) is 0 Å². The zero-order valence-corrected chi connectivity index (χ0v) is 17.2. The molecule has 1 amide bonds. The van der Waals surface area contributed by atoms with Crippen LogP contribution in [0.25, 0.3) is 0 Å². The van der Waals surface area contributed by atoms with Crippen LogP contribution < -0.4 is 10.3 Å². The maximum absolute atomic E-state index is 13.0. The number of pyridine rings is 1. The van der Waals surface area contributed by atoms with Gasteiger partial charge in [0.1, 0.15) is 5.75 Å². The highest BCUT2D eigenvalue weighted by molar-refractivity contribution is 6.31. The highest BCUT2D eigenvalue weighted by atomic mass is 35.5. The highest BCUT2D eigenvalue weighted by Gasteiger charge is 2.16. The topological polar surface area (TPSA) is 51.5 Å². The summed E-state index contributed by atoms with van der Waals surface area (Å²) in [4.78, 5) is 27.1. The molecule has 0 radical (unpaired) electrons. The van der Waals surface area contributed by atoms with Crippen LogP contribution >= 0.6 is 11.6 Å². The molecule has 0 aliphatic carbocycles. The van der Waals surface area contributed by atoms with Crippen LogP contribution in [0.15, 0.2) is 71.7 Å². The molecule has 0 saturated heterocycles. The van der Waals surface area contributed by atoms with Gasteiger partial charge in [0.25, 0.3) is 11.5 Å². The Kier molecular flexibility index (Phi) is 6.73. The number of amides is 1. The number of ether oxygens (including phenoxy) is 1. The molecule has 0 atom stereocenters. The van der Waals surface area contributed by atoms with Crippen LogP contribution in [0, 0.1) is 0 Å². The van der Waals surface area contributed by atoms with Gasteiger partial charge in [0.2, 0.25) is 0 Å². The van der Waals surface area contributed by atoms with Gasteiger partial charge in [-0.2, -0.15) is 0 Å². The summed E-state index contributed by atoms with van der Waals surface area (Å²) in [6.07, 6.45) is 1.60.